The molecule has 2 amide bonds. The number of rotatable bonds is 5. The van der Waals surface area contributed by atoms with Gasteiger partial charge in [-0.15, -0.1) is 11.3 Å². The molecule has 2 N–H and O–H groups in total. The van der Waals surface area contributed by atoms with Gasteiger partial charge in [-0.25, -0.2) is 4.79 Å². The van der Waals surface area contributed by atoms with Gasteiger partial charge in [-0.2, -0.15) is 0 Å². The Morgan fingerprint density at radius 2 is 2.04 bits per heavy atom. The average Bonchev–Trinajstić information content (AvgIpc) is 3.15. The highest BCUT2D eigenvalue weighted by molar-refractivity contribution is 7.15. The van der Waals surface area contributed by atoms with Gasteiger partial charge >= 0.3 is 12.0 Å². The Morgan fingerprint density at radius 3 is 2.73 bits per heavy atom. The Kier molecular flexibility index (Phi) is 5.78. The van der Waals surface area contributed by atoms with Crippen LogP contribution in [0.2, 0.25) is 0 Å². The maximum atomic E-state index is 12.3. The average molecular weight is 374 g/mol. The van der Waals surface area contributed by atoms with Crippen LogP contribution in [0, 0.1) is 5.92 Å². The number of aliphatic carboxylic acids is 1. The largest absolute Gasteiger partial charge is 0.497 e. The Hall–Kier alpha value is -2.54. The first kappa shape index (κ1) is 18.3. The molecule has 0 saturated carbocycles. The predicted octanol–water partition coefficient (Wildman–Crippen LogP) is 3.43. The maximum Gasteiger partial charge on any atom is 0.317 e. The number of carboxylic acids is 1. The van der Waals surface area contributed by atoms with E-state index in [1.807, 2.05) is 36.4 Å². The number of ether oxygens (including phenoxy) is 1. The molecule has 2 heterocycles. The van der Waals surface area contributed by atoms with Crippen molar-refractivity contribution < 1.29 is 19.4 Å². The molecule has 2 aromatic rings. The van der Waals surface area contributed by atoms with Crippen LogP contribution in [0.3, 0.4) is 0 Å². The van der Waals surface area contributed by atoms with Crippen molar-refractivity contribution in [3.8, 4) is 16.2 Å². The van der Waals surface area contributed by atoms with Crippen molar-refractivity contribution in [3.05, 3.63) is 41.3 Å². The summed E-state index contributed by atoms with van der Waals surface area (Å²) in [6, 6.07) is 11.7. The molecular formula is C19H22N2O4S. The van der Waals surface area contributed by atoms with Crippen LogP contribution in [0.4, 0.5) is 4.79 Å². The topological polar surface area (TPSA) is 78.9 Å². The van der Waals surface area contributed by atoms with Crippen LogP contribution in [0.25, 0.3) is 10.4 Å². The molecule has 1 aliphatic heterocycles. The van der Waals surface area contributed by atoms with Crippen LogP contribution >= 0.6 is 11.3 Å². The van der Waals surface area contributed by atoms with Gasteiger partial charge in [0.25, 0.3) is 0 Å². The summed E-state index contributed by atoms with van der Waals surface area (Å²) in [5.41, 5.74) is 1.11. The third-order valence-electron chi connectivity index (χ3n) is 4.51. The number of benzene rings is 1. The molecule has 3 rings (SSSR count). The van der Waals surface area contributed by atoms with E-state index in [1.54, 1.807) is 23.3 Å². The maximum absolute atomic E-state index is 12.3. The van der Waals surface area contributed by atoms with Crippen molar-refractivity contribution in [2.75, 3.05) is 20.2 Å². The van der Waals surface area contributed by atoms with Crippen LogP contribution < -0.4 is 10.1 Å². The highest BCUT2D eigenvalue weighted by Crippen LogP contribution is 2.29. The van der Waals surface area contributed by atoms with Gasteiger partial charge in [-0.05, 0) is 54.8 Å². The summed E-state index contributed by atoms with van der Waals surface area (Å²) in [6.45, 7) is 1.33. The minimum absolute atomic E-state index is 0.199. The summed E-state index contributed by atoms with van der Waals surface area (Å²) in [7, 11) is 1.64. The van der Waals surface area contributed by atoms with Crippen molar-refractivity contribution in [1.82, 2.24) is 10.2 Å². The summed E-state index contributed by atoms with van der Waals surface area (Å²) in [6.07, 6.45) is 1.36. The molecule has 1 saturated heterocycles. The summed E-state index contributed by atoms with van der Waals surface area (Å²) in [4.78, 5) is 27.2. The number of piperidine rings is 1. The molecule has 1 aliphatic rings. The van der Waals surface area contributed by atoms with E-state index in [2.05, 4.69) is 5.32 Å². The number of amides is 2. The number of urea groups is 1. The predicted molar refractivity (Wildman–Crippen MR) is 100 cm³/mol. The van der Waals surface area contributed by atoms with Crippen LogP contribution in [0.15, 0.2) is 36.4 Å². The number of likely N-dealkylation sites (tertiary alicyclic amines) is 1. The third-order valence-corrected chi connectivity index (χ3v) is 5.64. The second-order valence-corrected chi connectivity index (χ2v) is 7.44. The van der Waals surface area contributed by atoms with Crippen molar-refractivity contribution in [2.45, 2.75) is 19.4 Å². The highest BCUT2D eigenvalue weighted by atomic mass is 32.1. The zero-order valence-electron chi connectivity index (χ0n) is 14.6. The minimum atomic E-state index is -0.829. The number of nitrogens with one attached hydrogen (secondary N) is 1. The van der Waals surface area contributed by atoms with Crippen molar-refractivity contribution in [3.63, 3.8) is 0 Å². The van der Waals surface area contributed by atoms with E-state index in [9.17, 15) is 9.59 Å². The molecule has 1 fully saturated rings. The smallest absolute Gasteiger partial charge is 0.317 e. The molecule has 0 bridgehead atoms. The van der Waals surface area contributed by atoms with E-state index in [4.69, 9.17) is 9.84 Å². The molecule has 138 valence electrons. The van der Waals surface area contributed by atoms with E-state index in [0.717, 1.165) is 27.5 Å². The van der Waals surface area contributed by atoms with Gasteiger partial charge in [-0.3, -0.25) is 4.79 Å². The van der Waals surface area contributed by atoms with Crippen LogP contribution in [0.5, 0.6) is 5.75 Å². The van der Waals surface area contributed by atoms with E-state index in [-0.39, 0.29) is 12.6 Å². The Bertz CT molecular complexity index is 772. The van der Waals surface area contributed by atoms with E-state index >= 15 is 0 Å². The second kappa shape index (κ2) is 8.23. The molecule has 0 radical (unpaired) electrons. The molecular weight excluding hydrogens is 352 g/mol. The van der Waals surface area contributed by atoms with Crippen LogP contribution in [-0.4, -0.2) is 42.2 Å². The quantitative estimate of drug-likeness (QED) is 0.840. The minimum Gasteiger partial charge on any atom is -0.497 e. The van der Waals surface area contributed by atoms with Gasteiger partial charge in [0.05, 0.1) is 19.6 Å². The van der Waals surface area contributed by atoms with Crippen LogP contribution in [-0.2, 0) is 11.3 Å². The lowest BCUT2D eigenvalue weighted by atomic mass is 9.99. The molecule has 1 aromatic heterocycles. The Balaban J connectivity index is 1.55. The number of carbonyl (C=O) groups is 2. The fourth-order valence-electron chi connectivity index (χ4n) is 3.02. The first-order valence-corrected chi connectivity index (χ1v) is 9.37. The summed E-state index contributed by atoms with van der Waals surface area (Å²) in [5, 5.41) is 12.0. The monoisotopic (exact) mass is 374 g/mol. The number of methoxy groups -OCH3 is 1. The van der Waals surface area contributed by atoms with Gasteiger partial charge in [0.1, 0.15) is 5.75 Å². The summed E-state index contributed by atoms with van der Waals surface area (Å²) < 4.78 is 5.17. The fourth-order valence-corrected chi connectivity index (χ4v) is 3.97. The summed E-state index contributed by atoms with van der Waals surface area (Å²) >= 11 is 1.63. The zero-order valence-corrected chi connectivity index (χ0v) is 15.4. The van der Waals surface area contributed by atoms with E-state index in [0.29, 0.717) is 19.5 Å². The SMILES string of the molecule is COc1ccc(-c2ccc(CNC(=O)N3CCCC(C(=O)O)C3)s2)cc1. The van der Waals surface area contributed by atoms with Crippen molar-refractivity contribution in [1.29, 1.82) is 0 Å². The highest BCUT2D eigenvalue weighted by Gasteiger charge is 2.27. The molecule has 1 aromatic carbocycles. The molecule has 26 heavy (non-hydrogen) atoms. The third kappa shape index (κ3) is 4.35. The molecule has 0 spiro atoms. The molecule has 1 atom stereocenters. The number of carbonyl (C=O) groups excluding carboxylic acids is 1. The standard InChI is InChI=1S/C19H22N2O4S/c1-25-15-6-4-13(5-7-15)17-9-8-16(26-17)11-20-19(24)21-10-2-3-14(12-21)18(22)23/h4-9,14H,2-3,10-12H2,1H3,(H,20,24)(H,22,23). The lowest BCUT2D eigenvalue weighted by Crippen LogP contribution is -2.46. The Labute approximate surface area is 156 Å². The first-order valence-electron chi connectivity index (χ1n) is 8.55. The number of hydrogen-bond acceptors (Lipinski definition) is 4. The summed E-state index contributed by atoms with van der Waals surface area (Å²) in [5.74, 6) is -0.471. The zero-order chi connectivity index (χ0) is 18.5. The molecule has 7 heteroatoms. The number of carboxylic acid groups (broad SMARTS) is 1. The van der Waals surface area contributed by atoms with Gasteiger partial charge < -0.3 is 20.1 Å². The molecule has 6 nitrogen and oxygen atoms in total. The molecule has 1 unspecified atom stereocenters. The second-order valence-electron chi connectivity index (χ2n) is 6.28. The van der Waals surface area contributed by atoms with Gasteiger partial charge in [0.15, 0.2) is 0 Å². The fraction of sp³-hybridized carbons (Fsp3) is 0.368. The lowest BCUT2D eigenvalue weighted by Gasteiger charge is -2.30. The van der Waals surface area contributed by atoms with Gasteiger partial charge in [0.2, 0.25) is 0 Å². The Morgan fingerprint density at radius 1 is 1.27 bits per heavy atom. The number of hydrogen-bond donors (Lipinski definition) is 2. The molecule has 0 aliphatic carbocycles. The number of nitrogens with zero attached hydrogens (tertiary/aromatic N) is 1. The first-order chi connectivity index (χ1) is 12.6. The lowest BCUT2D eigenvalue weighted by molar-refractivity contribution is -0.143. The number of thiophene rings is 1. The van der Waals surface area contributed by atoms with Crippen LogP contribution in [0.1, 0.15) is 17.7 Å². The van der Waals surface area contributed by atoms with Crippen molar-refractivity contribution >= 4 is 23.3 Å². The van der Waals surface area contributed by atoms with Crippen molar-refractivity contribution in [2.24, 2.45) is 5.92 Å². The van der Waals surface area contributed by atoms with E-state index < -0.39 is 11.9 Å². The normalized spacial score (nSPS) is 17.0. The van der Waals surface area contributed by atoms with Gasteiger partial charge in [0, 0.05) is 22.8 Å². The van der Waals surface area contributed by atoms with E-state index in [1.165, 1.54) is 0 Å². The van der Waals surface area contributed by atoms with Gasteiger partial charge in [-0.1, -0.05) is 0 Å².